The lowest BCUT2D eigenvalue weighted by Crippen LogP contribution is -2.14. The van der Waals surface area contributed by atoms with Gasteiger partial charge < -0.3 is 9.64 Å². The smallest absolute Gasteiger partial charge is 0.338 e. The number of benzene rings is 2. The van der Waals surface area contributed by atoms with Gasteiger partial charge in [0.2, 0.25) is 0 Å². The Morgan fingerprint density at radius 2 is 1.75 bits per heavy atom. The van der Waals surface area contributed by atoms with Gasteiger partial charge in [-0.05, 0) is 44.0 Å². The fourth-order valence-corrected chi connectivity index (χ4v) is 2.35. The van der Waals surface area contributed by atoms with Crippen LogP contribution in [-0.4, -0.2) is 30.8 Å². The lowest BCUT2D eigenvalue weighted by Gasteiger charge is -2.12. The Morgan fingerprint density at radius 3 is 2.39 bits per heavy atom. The van der Waals surface area contributed by atoms with Gasteiger partial charge in [0, 0.05) is 19.7 Å². The molecule has 4 nitrogen and oxygen atoms in total. The van der Waals surface area contributed by atoms with Crippen molar-refractivity contribution in [3.8, 4) is 0 Å². The highest BCUT2D eigenvalue weighted by atomic mass is 19.2. The first kappa shape index (κ1) is 21.4. The van der Waals surface area contributed by atoms with E-state index < -0.39 is 41.4 Å². The standard InChI is InChI=1S/C20H20F4N2O2/c1-5-26(4)10-25-17-7-11(2)13(6-12(17)3)20(27)28-9-14-15(21)8-16(22)19(24)18(14)23/h6-8,10H,5,9H2,1-4H3. The maximum atomic E-state index is 13.7. The molecule has 2 aromatic rings. The molecule has 0 aliphatic rings. The summed E-state index contributed by atoms with van der Waals surface area (Å²) in [6.07, 6.45) is 1.66. The summed E-state index contributed by atoms with van der Waals surface area (Å²) < 4.78 is 58.5. The molecule has 0 saturated heterocycles. The number of ether oxygens (including phenoxy) is 1. The Labute approximate surface area is 160 Å². The fraction of sp³-hybridized carbons (Fsp3) is 0.300. The highest BCUT2D eigenvalue weighted by Gasteiger charge is 2.21. The van der Waals surface area contributed by atoms with Gasteiger partial charge in [-0.15, -0.1) is 0 Å². The molecule has 0 aliphatic carbocycles. The highest BCUT2D eigenvalue weighted by Crippen LogP contribution is 2.25. The predicted octanol–water partition coefficient (Wildman–Crippen LogP) is 4.83. The van der Waals surface area contributed by atoms with Gasteiger partial charge in [-0.25, -0.2) is 27.3 Å². The number of rotatable bonds is 6. The van der Waals surface area contributed by atoms with Gasteiger partial charge in [0.15, 0.2) is 17.5 Å². The number of esters is 1. The molecule has 28 heavy (non-hydrogen) atoms. The van der Waals surface area contributed by atoms with Crippen LogP contribution in [0, 0.1) is 37.1 Å². The third kappa shape index (κ3) is 4.68. The number of carbonyl (C=O) groups excluding carboxylic acids is 1. The molecule has 0 radical (unpaired) electrons. The zero-order chi connectivity index (χ0) is 21.0. The van der Waals surface area contributed by atoms with Gasteiger partial charge >= 0.3 is 5.97 Å². The lowest BCUT2D eigenvalue weighted by atomic mass is 10.0. The molecule has 0 bridgehead atoms. The van der Waals surface area contributed by atoms with Crippen molar-refractivity contribution >= 4 is 18.0 Å². The second kappa shape index (κ2) is 8.86. The first-order valence-electron chi connectivity index (χ1n) is 8.50. The first-order valence-corrected chi connectivity index (χ1v) is 8.50. The van der Waals surface area contributed by atoms with Gasteiger partial charge in [0.1, 0.15) is 12.4 Å². The van der Waals surface area contributed by atoms with Crippen molar-refractivity contribution in [2.45, 2.75) is 27.4 Å². The van der Waals surface area contributed by atoms with Crippen molar-refractivity contribution in [2.75, 3.05) is 13.6 Å². The van der Waals surface area contributed by atoms with E-state index in [4.69, 9.17) is 4.74 Å². The molecular weight excluding hydrogens is 376 g/mol. The molecule has 8 heteroatoms. The normalized spacial score (nSPS) is 11.1. The summed E-state index contributed by atoms with van der Waals surface area (Å²) in [5, 5.41) is 0. The minimum Gasteiger partial charge on any atom is -0.457 e. The molecule has 0 unspecified atom stereocenters. The maximum absolute atomic E-state index is 13.7. The molecule has 0 aliphatic heterocycles. The molecule has 150 valence electrons. The van der Waals surface area contributed by atoms with Crippen molar-refractivity contribution in [3.63, 3.8) is 0 Å². The van der Waals surface area contributed by atoms with Crippen LogP contribution in [-0.2, 0) is 11.3 Å². The van der Waals surface area contributed by atoms with Gasteiger partial charge in [-0.1, -0.05) is 0 Å². The zero-order valence-corrected chi connectivity index (χ0v) is 15.9. The van der Waals surface area contributed by atoms with Crippen LogP contribution in [0.5, 0.6) is 0 Å². The molecule has 0 fully saturated rings. The number of hydrogen-bond donors (Lipinski definition) is 0. The van der Waals surface area contributed by atoms with Crippen LogP contribution >= 0.6 is 0 Å². The number of carbonyl (C=O) groups is 1. The van der Waals surface area contributed by atoms with Crippen molar-refractivity contribution < 1.29 is 27.1 Å². The van der Waals surface area contributed by atoms with Crippen molar-refractivity contribution in [3.05, 3.63) is 63.7 Å². The van der Waals surface area contributed by atoms with E-state index in [1.165, 1.54) is 0 Å². The Morgan fingerprint density at radius 1 is 1.07 bits per heavy atom. The van der Waals surface area contributed by atoms with Crippen LogP contribution in [0.25, 0.3) is 0 Å². The van der Waals surface area contributed by atoms with Crippen molar-refractivity contribution in [2.24, 2.45) is 4.99 Å². The number of halogens is 4. The maximum Gasteiger partial charge on any atom is 0.338 e. The van der Waals surface area contributed by atoms with E-state index in [0.717, 1.165) is 6.54 Å². The van der Waals surface area contributed by atoms with Crippen molar-refractivity contribution in [1.82, 2.24) is 4.90 Å². The summed E-state index contributed by atoms with van der Waals surface area (Å²) in [6, 6.07) is 3.44. The molecule has 0 atom stereocenters. The Hall–Kier alpha value is -2.90. The van der Waals surface area contributed by atoms with Crippen LogP contribution in [0.3, 0.4) is 0 Å². The van der Waals surface area contributed by atoms with Gasteiger partial charge in [0.05, 0.1) is 23.2 Å². The average Bonchev–Trinajstić information content (AvgIpc) is 2.65. The predicted molar refractivity (Wildman–Crippen MR) is 97.8 cm³/mol. The van der Waals surface area contributed by atoms with E-state index in [-0.39, 0.29) is 11.6 Å². The number of aliphatic imine (C=N–C) groups is 1. The van der Waals surface area contributed by atoms with Crippen LogP contribution in [0.4, 0.5) is 23.2 Å². The molecule has 2 rings (SSSR count). The van der Waals surface area contributed by atoms with E-state index in [1.54, 1.807) is 32.3 Å². The van der Waals surface area contributed by atoms with E-state index >= 15 is 0 Å². The minimum atomic E-state index is -1.82. The molecule has 0 heterocycles. The lowest BCUT2D eigenvalue weighted by molar-refractivity contribution is 0.0462. The largest absolute Gasteiger partial charge is 0.457 e. The minimum absolute atomic E-state index is 0.184. The molecule has 0 aromatic heterocycles. The summed E-state index contributed by atoms with van der Waals surface area (Å²) in [5.74, 6) is -7.37. The highest BCUT2D eigenvalue weighted by molar-refractivity contribution is 5.92. The topological polar surface area (TPSA) is 41.9 Å². The average molecular weight is 396 g/mol. The van der Waals surface area contributed by atoms with Crippen LogP contribution in [0.15, 0.2) is 23.2 Å². The number of aryl methyl sites for hydroxylation is 2. The third-order valence-corrected chi connectivity index (χ3v) is 4.21. The summed E-state index contributed by atoms with van der Waals surface area (Å²) in [5.41, 5.74) is 1.23. The molecule has 0 spiro atoms. The third-order valence-electron chi connectivity index (χ3n) is 4.21. The number of nitrogens with zero attached hydrogens (tertiary/aromatic N) is 2. The van der Waals surface area contributed by atoms with Gasteiger partial charge in [-0.2, -0.15) is 0 Å². The zero-order valence-electron chi connectivity index (χ0n) is 15.9. The van der Waals surface area contributed by atoms with Crippen LogP contribution < -0.4 is 0 Å². The van der Waals surface area contributed by atoms with Gasteiger partial charge in [0.25, 0.3) is 0 Å². The molecule has 0 amide bonds. The molecular formula is C20H20F4N2O2. The molecule has 0 saturated carbocycles. The van der Waals surface area contributed by atoms with E-state index in [1.807, 2.05) is 18.9 Å². The van der Waals surface area contributed by atoms with Gasteiger partial charge in [-0.3, -0.25) is 0 Å². The van der Waals surface area contributed by atoms with Crippen molar-refractivity contribution in [1.29, 1.82) is 0 Å². The van der Waals surface area contributed by atoms with E-state index in [0.29, 0.717) is 16.8 Å². The summed E-state index contributed by atoms with van der Waals surface area (Å²) in [6.45, 7) is 5.30. The quantitative estimate of drug-likeness (QED) is 0.175. The Bertz CT molecular complexity index is 929. The summed E-state index contributed by atoms with van der Waals surface area (Å²) in [4.78, 5) is 18.5. The fourth-order valence-electron chi connectivity index (χ4n) is 2.35. The second-order valence-corrected chi connectivity index (χ2v) is 6.29. The number of hydrogen-bond acceptors (Lipinski definition) is 3. The van der Waals surface area contributed by atoms with E-state index in [9.17, 15) is 22.4 Å². The first-order chi connectivity index (χ1) is 13.1. The molecule has 0 N–H and O–H groups in total. The SMILES string of the molecule is CCN(C)C=Nc1cc(C)c(C(=O)OCc2c(F)cc(F)c(F)c2F)cc1C. The van der Waals surface area contributed by atoms with Crippen LogP contribution in [0.1, 0.15) is 34.0 Å². The molecule has 2 aromatic carbocycles. The monoisotopic (exact) mass is 396 g/mol. The Balaban J connectivity index is 2.21. The van der Waals surface area contributed by atoms with E-state index in [2.05, 4.69) is 4.99 Å². The van der Waals surface area contributed by atoms with Crippen LogP contribution in [0.2, 0.25) is 0 Å². The second-order valence-electron chi connectivity index (χ2n) is 6.29. The Kier molecular flexibility index (Phi) is 6.77. The summed E-state index contributed by atoms with van der Waals surface area (Å²) in [7, 11) is 1.87. The summed E-state index contributed by atoms with van der Waals surface area (Å²) >= 11 is 0.